The lowest BCUT2D eigenvalue weighted by Gasteiger charge is -2.13. The Morgan fingerprint density at radius 1 is 1.19 bits per heavy atom. The number of ether oxygens (including phenoxy) is 1. The quantitative estimate of drug-likeness (QED) is 0.332. The smallest absolute Gasteiger partial charge is 0.293 e. The fraction of sp³-hybridized carbons (Fsp3) is 0.150. The van der Waals surface area contributed by atoms with Crippen LogP contribution in [0.3, 0.4) is 0 Å². The first-order valence-electron chi connectivity index (χ1n) is 9.09. The predicted molar refractivity (Wildman–Crippen MR) is 121 cm³/mol. The Bertz CT molecular complexity index is 1120. The zero-order valence-electron chi connectivity index (χ0n) is 16.2. The highest BCUT2D eigenvalue weighted by atomic mass is 35.5. The van der Waals surface area contributed by atoms with Crippen LogP contribution in [0, 0.1) is 10.1 Å². The molecule has 1 fully saturated rings. The zero-order chi connectivity index (χ0) is 23.3. The van der Waals surface area contributed by atoms with Gasteiger partial charge in [-0.15, -0.1) is 0 Å². The number of hydrogen-bond donors (Lipinski definition) is 1. The number of halogens is 2. The van der Waals surface area contributed by atoms with Crippen LogP contribution < -0.4 is 10.1 Å². The van der Waals surface area contributed by atoms with Gasteiger partial charge in [-0.2, -0.15) is 0 Å². The summed E-state index contributed by atoms with van der Waals surface area (Å²) in [5, 5.41) is 13.2. The molecule has 2 aromatic carbocycles. The molecular weight excluding hydrogens is 481 g/mol. The van der Waals surface area contributed by atoms with E-state index in [4.69, 9.17) is 27.9 Å². The van der Waals surface area contributed by atoms with E-state index in [0.29, 0.717) is 10.6 Å². The number of non-ortho nitro benzene ring substituents is 1. The van der Waals surface area contributed by atoms with Crippen molar-refractivity contribution < 1.29 is 24.0 Å². The van der Waals surface area contributed by atoms with Crippen LogP contribution in [-0.2, 0) is 9.59 Å². The Kier molecular flexibility index (Phi) is 7.73. The van der Waals surface area contributed by atoms with Gasteiger partial charge in [0.05, 0.1) is 14.9 Å². The van der Waals surface area contributed by atoms with Gasteiger partial charge in [-0.3, -0.25) is 29.4 Å². The molecule has 12 heteroatoms. The van der Waals surface area contributed by atoms with E-state index in [0.717, 1.165) is 22.7 Å². The molecule has 3 amide bonds. The van der Waals surface area contributed by atoms with Crippen molar-refractivity contribution in [1.82, 2.24) is 10.2 Å². The van der Waals surface area contributed by atoms with Crippen molar-refractivity contribution >= 4 is 63.8 Å². The average Bonchev–Trinajstić information content (AvgIpc) is 3.01. The number of nitrogens with zero attached hydrogens (tertiary/aromatic N) is 2. The second-order valence-electron chi connectivity index (χ2n) is 6.37. The third kappa shape index (κ3) is 5.78. The lowest BCUT2D eigenvalue weighted by atomic mass is 10.2. The van der Waals surface area contributed by atoms with Crippen LogP contribution in [0.25, 0.3) is 6.08 Å². The molecule has 1 aliphatic rings. The molecule has 2 aromatic rings. The number of hydrogen-bond acceptors (Lipinski definition) is 7. The topological polar surface area (TPSA) is 119 Å². The summed E-state index contributed by atoms with van der Waals surface area (Å²) >= 11 is 12.8. The average molecular weight is 496 g/mol. The summed E-state index contributed by atoms with van der Waals surface area (Å²) < 4.78 is 5.25. The number of thioether (sulfide) groups is 1. The second kappa shape index (κ2) is 10.5. The van der Waals surface area contributed by atoms with Gasteiger partial charge in [-0.25, -0.2) is 0 Å². The molecule has 1 saturated heterocycles. The monoisotopic (exact) mass is 495 g/mol. The van der Waals surface area contributed by atoms with E-state index in [1.54, 1.807) is 30.3 Å². The van der Waals surface area contributed by atoms with Gasteiger partial charge >= 0.3 is 0 Å². The fourth-order valence-corrected chi connectivity index (χ4v) is 3.92. The van der Waals surface area contributed by atoms with Gasteiger partial charge in [0.2, 0.25) is 0 Å². The number of imide groups is 1. The van der Waals surface area contributed by atoms with E-state index < -0.39 is 28.6 Å². The van der Waals surface area contributed by atoms with Crippen LogP contribution in [0.15, 0.2) is 47.4 Å². The Balaban J connectivity index is 1.49. The third-order valence-electron chi connectivity index (χ3n) is 4.21. The highest BCUT2D eigenvalue weighted by Gasteiger charge is 2.34. The van der Waals surface area contributed by atoms with Crippen LogP contribution in [0.4, 0.5) is 10.5 Å². The molecule has 0 bridgehead atoms. The largest absolute Gasteiger partial charge is 0.482 e. The molecule has 0 unspecified atom stereocenters. The number of amides is 3. The molecule has 1 N–H and O–H groups in total. The van der Waals surface area contributed by atoms with E-state index in [2.05, 4.69) is 5.32 Å². The van der Waals surface area contributed by atoms with Crippen molar-refractivity contribution in [2.24, 2.45) is 0 Å². The molecule has 32 heavy (non-hydrogen) atoms. The van der Waals surface area contributed by atoms with Crippen molar-refractivity contribution in [2.75, 3.05) is 19.7 Å². The number of carbonyl (C=O) groups is 3. The lowest BCUT2D eigenvalue weighted by Crippen LogP contribution is -2.38. The van der Waals surface area contributed by atoms with E-state index in [9.17, 15) is 24.5 Å². The van der Waals surface area contributed by atoms with Gasteiger partial charge < -0.3 is 10.1 Å². The molecule has 0 aromatic heterocycles. The molecule has 9 nitrogen and oxygen atoms in total. The fourth-order valence-electron chi connectivity index (χ4n) is 2.65. The van der Waals surface area contributed by atoms with Gasteiger partial charge in [0.1, 0.15) is 5.75 Å². The number of benzene rings is 2. The molecular formula is C20H15Cl2N3O6S. The van der Waals surface area contributed by atoms with E-state index >= 15 is 0 Å². The maximum absolute atomic E-state index is 12.5. The molecule has 1 aliphatic heterocycles. The number of carbonyl (C=O) groups excluding carboxylic acids is 3. The van der Waals surface area contributed by atoms with Crippen molar-refractivity contribution in [3.63, 3.8) is 0 Å². The van der Waals surface area contributed by atoms with Gasteiger partial charge in [-0.05, 0) is 35.5 Å². The molecule has 0 aliphatic carbocycles. The maximum atomic E-state index is 12.5. The van der Waals surface area contributed by atoms with Crippen LogP contribution in [0.2, 0.25) is 10.0 Å². The summed E-state index contributed by atoms with van der Waals surface area (Å²) in [6, 6.07) is 10.5. The van der Waals surface area contributed by atoms with Gasteiger partial charge in [0.15, 0.2) is 6.61 Å². The molecule has 0 spiro atoms. The normalized spacial score (nSPS) is 14.7. The molecule has 0 atom stereocenters. The van der Waals surface area contributed by atoms with E-state index in [1.165, 1.54) is 12.1 Å². The predicted octanol–water partition coefficient (Wildman–Crippen LogP) is 4.13. The Morgan fingerprint density at radius 2 is 1.94 bits per heavy atom. The van der Waals surface area contributed by atoms with Gasteiger partial charge in [0, 0.05) is 30.2 Å². The van der Waals surface area contributed by atoms with Crippen molar-refractivity contribution in [3.05, 3.63) is 73.1 Å². The highest BCUT2D eigenvalue weighted by Crippen LogP contribution is 2.33. The van der Waals surface area contributed by atoms with Gasteiger partial charge in [-0.1, -0.05) is 41.4 Å². The van der Waals surface area contributed by atoms with Crippen molar-refractivity contribution in [2.45, 2.75) is 0 Å². The van der Waals surface area contributed by atoms with E-state index in [-0.39, 0.29) is 34.5 Å². The van der Waals surface area contributed by atoms with Crippen molar-refractivity contribution in [3.8, 4) is 5.75 Å². The summed E-state index contributed by atoms with van der Waals surface area (Å²) in [6.07, 6.45) is 1.55. The summed E-state index contributed by atoms with van der Waals surface area (Å²) in [4.78, 5) is 48.0. The van der Waals surface area contributed by atoms with Crippen LogP contribution >= 0.6 is 35.0 Å². The first kappa shape index (κ1) is 23.6. The zero-order valence-corrected chi connectivity index (χ0v) is 18.6. The van der Waals surface area contributed by atoms with Crippen LogP contribution in [0.1, 0.15) is 5.56 Å². The second-order valence-corrected chi connectivity index (χ2v) is 8.17. The van der Waals surface area contributed by atoms with Crippen LogP contribution in [-0.4, -0.2) is 46.6 Å². The first-order chi connectivity index (χ1) is 15.3. The first-order valence-corrected chi connectivity index (χ1v) is 10.7. The summed E-state index contributed by atoms with van der Waals surface area (Å²) in [7, 11) is 0. The van der Waals surface area contributed by atoms with Crippen LogP contribution in [0.5, 0.6) is 5.75 Å². The summed E-state index contributed by atoms with van der Waals surface area (Å²) in [5.41, 5.74) is 0.419. The summed E-state index contributed by atoms with van der Waals surface area (Å²) in [6.45, 7) is -0.395. The Morgan fingerprint density at radius 3 is 2.62 bits per heavy atom. The lowest BCUT2D eigenvalue weighted by molar-refractivity contribution is -0.384. The minimum Gasteiger partial charge on any atom is -0.482 e. The van der Waals surface area contributed by atoms with E-state index in [1.807, 2.05) is 0 Å². The number of rotatable bonds is 8. The molecule has 1 heterocycles. The highest BCUT2D eigenvalue weighted by molar-refractivity contribution is 8.18. The third-order valence-corrected chi connectivity index (χ3v) is 5.76. The minimum atomic E-state index is -0.601. The summed E-state index contributed by atoms with van der Waals surface area (Å²) in [5.74, 6) is -0.871. The molecule has 3 rings (SSSR count). The molecule has 166 valence electrons. The number of nitro groups is 1. The van der Waals surface area contributed by atoms with Crippen molar-refractivity contribution in [1.29, 1.82) is 0 Å². The van der Waals surface area contributed by atoms with Gasteiger partial charge in [0.25, 0.3) is 22.7 Å². The number of nitro benzene ring substituents is 1. The minimum absolute atomic E-state index is 0.00452. The molecule has 0 saturated carbocycles. The Hall–Kier alpha value is -3.08. The standard InChI is InChI=1S/C20H15Cl2N3O6S/c21-14-4-2-1-3-12(14)9-17-19(27)24(20(28)32-17)8-7-23-18(26)11-31-16-6-5-13(25(29)30)10-15(16)22/h1-6,9-10H,7-8,11H2,(H,23,26)/b17-9-. The number of nitrogens with one attached hydrogen (secondary N) is 1. The Labute approximate surface area is 196 Å². The molecule has 0 radical (unpaired) electrons. The maximum Gasteiger partial charge on any atom is 0.293 e. The SMILES string of the molecule is O=C(COc1ccc([N+](=O)[O-])cc1Cl)NCCN1C(=O)S/C(=C\c2ccccc2Cl)C1=O.